The molecule has 0 aliphatic rings. The molecule has 4 heteroatoms. The third-order valence-electron chi connectivity index (χ3n) is 6.90. The van der Waals surface area contributed by atoms with Crippen LogP contribution in [-0.2, 0) is 19.6 Å². The highest BCUT2D eigenvalue weighted by molar-refractivity contribution is 5.55. The molecule has 1 aromatic heterocycles. The zero-order chi connectivity index (χ0) is 25.2. The van der Waals surface area contributed by atoms with E-state index in [1.165, 1.54) is 22.4 Å². The molecular weight excluding hydrogens is 442 g/mol. The standard InChI is InChI=1S/C32H39N3O/c1-4-6-21-35-30(22-33-32(35)29-15-11-8-12-16-29)25-34(23-26-13-9-7-10-14-26)24-27(5-2)28-17-19-31(36-3)20-18-28/h7-20,22,27H,4-6,21,23-25H2,1-3H3. The molecule has 0 fully saturated rings. The zero-order valence-corrected chi connectivity index (χ0v) is 21.9. The maximum Gasteiger partial charge on any atom is 0.140 e. The molecule has 0 N–H and O–H groups in total. The van der Waals surface area contributed by atoms with Crippen molar-refractivity contribution in [1.82, 2.24) is 14.5 Å². The minimum absolute atomic E-state index is 0.445. The van der Waals surface area contributed by atoms with Gasteiger partial charge < -0.3 is 9.30 Å². The van der Waals surface area contributed by atoms with Crippen LogP contribution < -0.4 is 4.74 Å². The van der Waals surface area contributed by atoms with Crippen molar-refractivity contribution in [2.24, 2.45) is 0 Å². The van der Waals surface area contributed by atoms with Crippen molar-refractivity contribution in [3.05, 3.63) is 108 Å². The van der Waals surface area contributed by atoms with E-state index >= 15 is 0 Å². The normalized spacial score (nSPS) is 12.1. The number of nitrogens with zero attached hydrogens (tertiary/aromatic N) is 3. The van der Waals surface area contributed by atoms with Gasteiger partial charge >= 0.3 is 0 Å². The highest BCUT2D eigenvalue weighted by Gasteiger charge is 2.19. The topological polar surface area (TPSA) is 30.3 Å². The van der Waals surface area contributed by atoms with Gasteiger partial charge in [0.1, 0.15) is 11.6 Å². The number of benzene rings is 3. The van der Waals surface area contributed by atoms with E-state index in [0.717, 1.165) is 57.0 Å². The Bertz CT molecular complexity index is 1170. The molecule has 4 nitrogen and oxygen atoms in total. The monoisotopic (exact) mass is 481 g/mol. The fourth-order valence-electron chi connectivity index (χ4n) is 4.83. The van der Waals surface area contributed by atoms with Crippen molar-refractivity contribution in [1.29, 1.82) is 0 Å². The smallest absolute Gasteiger partial charge is 0.140 e. The first-order valence-corrected chi connectivity index (χ1v) is 13.2. The molecule has 1 heterocycles. The van der Waals surface area contributed by atoms with Gasteiger partial charge in [0.15, 0.2) is 0 Å². The maximum absolute atomic E-state index is 5.39. The highest BCUT2D eigenvalue weighted by Crippen LogP contribution is 2.26. The van der Waals surface area contributed by atoms with E-state index in [0.29, 0.717) is 5.92 Å². The second-order valence-electron chi connectivity index (χ2n) is 9.48. The number of hydrogen-bond acceptors (Lipinski definition) is 3. The second kappa shape index (κ2) is 13.1. The number of imidazole rings is 1. The summed E-state index contributed by atoms with van der Waals surface area (Å²) < 4.78 is 7.82. The van der Waals surface area contributed by atoms with E-state index in [1.54, 1.807) is 7.11 Å². The molecule has 0 amide bonds. The maximum atomic E-state index is 5.39. The average molecular weight is 482 g/mol. The second-order valence-corrected chi connectivity index (χ2v) is 9.48. The summed E-state index contributed by atoms with van der Waals surface area (Å²) in [6.45, 7) is 8.29. The predicted octanol–water partition coefficient (Wildman–Crippen LogP) is 7.55. The third-order valence-corrected chi connectivity index (χ3v) is 6.90. The van der Waals surface area contributed by atoms with Crippen molar-refractivity contribution in [2.75, 3.05) is 13.7 Å². The SMILES string of the molecule is CCCCn1c(CN(Cc2ccccc2)CC(CC)c2ccc(OC)cc2)cnc1-c1ccccc1. The Labute approximate surface area is 216 Å². The van der Waals surface area contributed by atoms with E-state index in [-0.39, 0.29) is 0 Å². The first-order chi connectivity index (χ1) is 17.7. The minimum Gasteiger partial charge on any atom is -0.497 e. The molecule has 4 rings (SSSR count). The van der Waals surface area contributed by atoms with Gasteiger partial charge in [0, 0.05) is 31.7 Å². The minimum atomic E-state index is 0.445. The van der Waals surface area contributed by atoms with Crippen molar-refractivity contribution < 1.29 is 4.74 Å². The van der Waals surface area contributed by atoms with Gasteiger partial charge in [0.05, 0.1) is 19.0 Å². The Morgan fingerprint density at radius 1 is 0.861 bits per heavy atom. The molecule has 0 aliphatic carbocycles. The Morgan fingerprint density at radius 3 is 2.19 bits per heavy atom. The van der Waals surface area contributed by atoms with Crippen LogP contribution in [0.3, 0.4) is 0 Å². The molecule has 3 aromatic carbocycles. The van der Waals surface area contributed by atoms with Crippen LogP contribution in [0.15, 0.2) is 91.1 Å². The molecule has 1 unspecified atom stereocenters. The van der Waals surface area contributed by atoms with Gasteiger partial charge in [-0.15, -0.1) is 0 Å². The molecule has 0 bridgehead atoms. The van der Waals surface area contributed by atoms with Gasteiger partial charge in [0.25, 0.3) is 0 Å². The van der Waals surface area contributed by atoms with Gasteiger partial charge in [-0.3, -0.25) is 4.90 Å². The lowest BCUT2D eigenvalue weighted by atomic mass is 9.95. The summed E-state index contributed by atoms with van der Waals surface area (Å²) in [5, 5.41) is 0. The summed E-state index contributed by atoms with van der Waals surface area (Å²) >= 11 is 0. The summed E-state index contributed by atoms with van der Waals surface area (Å²) in [6, 6.07) is 30.0. The van der Waals surface area contributed by atoms with Gasteiger partial charge in [-0.1, -0.05) is 93.1 Å². The van der Waals surface area contributed by atoms with Gasteiger partial charge in [-0.25, -0.2) is 4.98 Å². The van der Waals surface area contributed by atoms with Crippen molar-refractivity contribution in [3.8, 4) is 17.1 Å². The summed E-state index contributed by atoms with van der Waals surface area (Å²) in [6.07, 6.45) is 5.48. The van der Waals surface area contributed by atoms with E-state index in [9.17, 15) is 0 Å². The number of unbranched alkanes of at least 4 members (excludes halogenated alkanes) is 1. The molecule has 0 saturated heterocycles. The third kappa shape index (κ3) is 6.64. The number of ether oxygens (including phenoxy) is 1. The molecule has 0 radical (unpaired) electrons. The summed E-state index contributed by atoms with van der Waals surface area (Å²) in [5.41, 5.74) is 5.16. The molecule has 0 aliphatic heterocycles. The molecule has 36 heavy (non-hydrogen) atoms. The highest BCUT2D eigenvalue weighted by atomic mass is 16.5. The van der Waals surface area contributed by atoms with Crippen LogP contribution in [0.5, 0.6) is 5.75 Å². The molecule has 0 spiro atoms. The number of hydrogen-bond donors (Lipinski definition) is 0. The fourth-order valence-corrected chi connectivity index (χ4v) is 4.83. The van der Waals surface area contributed by atoms with E-state index < -0.39 is 0 Å². The van der Waals surface area contributed by atoms with Crippen LogP contribution in [0.1, 0.15) is 55.8 Å². The van der Waals surface area contributed by atoms with Gasteiger partial charge in [0.2, 0.25) is 0 Å². The number of rotatable bonds is 13. The first-order valence-electron chi connectivity index (χ1n) is 13.2. The Hall–Kier alpha value is -3.37. The van der Waals surface area contributed by atoms with Crippen molar-refractivity contribution in [2.45, 2.75) is 58.7 Å². The Balaban J connectivity index is 1.62. The molecule has 188 valence electrons. The lowest BCUT2D eigenvalue weighted by molar-refractivity contribution is 0.231. The molecule has 4 aromatic rings. The Kier molecular flexibility index (Phi) is 9.34. The van der Waals surface area contributed by atoms with Gasteiger partial charge in [-0.05, 0) is 42.0 Å². The van der Waals surface area contributed by atoms with Crippen LogP contribution >= 0.6 is 0 Å². The van der Waals surface area contributed by atoms with E-state index in [1.807, 2.05) is 0 Å². The number of methoxy groups -OCH3 is 1. The van der Waals surface area contributed by atoms with Crippen LogP contribution in [0.4, 0.5) is 0 Å². The lowest BCUT2D eigenvalue weighted by Crippen LogP contribution is -2.29. The lowest BCUT2D eigenvalue weighted by Gasteiger charge is -2.28. The largest absolute Gasteiger partial charge is 0.497 e. The number of aromatic nitrogens is 2. The van der Waals surface area contributed by atoms with Crippen LogP contribution in [0.2, 0.25) is 0 Å². The molecular formula is C32H39N3O. The quantitative estimate of drug-likeness (QED) is 0.197. The zero-order valence-electron chi connectivity index (χ0n) is 21.9. The van der Waals surface area contributed by atoms with E-state index in [4.69, 9.17) is 9.72 Å². The van der Waals surface area contributed by atoms with Crippen molar-refractivity contribution in [3.63, 3.8) is 0 Å². The summed E-state index contributed by atoms with van der Waals surface area (Å²) in [5.74, 6) is 2.42. The summed E-state index contributed by atoms with van der Waals surface area (Å²) in [7, 11) is 1.72. The molecule has 1 atom stereocenters. The van der Waals surface area contributed by atoms with Crippen LogP contribution in [0, 0.1) is 0 Å². The molecule has 0 saturated carbocycles. The summed E-state index contributed by atoms with van der Waals surface area (Å²) in [4.78, 5) is 7.48. The predicted molar refractivity (Wildman–Crippen MR) is 149 cm³/mol. The fraction of sp³-hybridized carbons (Fsp3) is 0.344. The van der Waals surface area contributed by atoms with Gasteiger partial charge in [-0.2, -0.15) is 0 Å². The van der Waals surface area contributed by atoms with Crippen LogP contribution in [-0.4, -0.2) is 28.1 Å². The first kappa shape index (κ1) is 25.7. The van der Waals surface area contributed by atoms with Crippen molar-refractivity contribution >= 4 is 0 Å². The van der Waals surface area contributed by atoms with E-state index in [2.05, 4.69) is 114 Å². The average Bonchev–Trinajstić information content (AvgIpc) is 3.33. The Morgan fingerprint density at radius 2 is 1.56 bits per heavy atom. The van der Waals surface area contributed by atoms with Crippen LogP contribution in [0.25, 0.3) is 11.4 Å².